The van der Waals surface area contributed by atoms with Crippen molar-refractivity contribution in [1.82, 2.24) is 0 Å². The Morgan fingerprint density at radius 1 is 1.36 bits per heavy atom. The van der Waals surface area contributed by atoms with Crippen LogP contribution in [0, 0.1) is 0 Å². The minimum Gasteiger partial charge on any atom is -0.483 e. The van der Waals surface area contributed by atoms with E-state index < -0.39 is 0 Å². The van der Waals surface area contributed by atoms with Crippen molar-refractivity contribution in [2.24, 2.45) is 5.73 Å². The van der Waals surface area contributed by atoms with Crippen LogP contribution in [0.25, 0.3) is 0 Å². The second kappa shape index (κ2) is 4.30. The van der Waals surface area contributed by atoms with Gasteiger partial charge in [0.1, 0.15) is 0 Å². The Labute approximate surface area is 82.6 Å². The molecule has 2 rings (SSSR count). The molecule has 0 saturated carbocycles. The second-order valence-electron chi connectivity index (χ2n) is 2.96. The molecule has 14 heavy (non-hydrogen) atoms. The maximum atomic E-state index is 5.53. The predicted octanol–water partition coefficient (Wildman–Crippen LogP) is 0.759. The lowest BCUT2D eigenvalue weighted by Gasteiger charge is -2.25. The molecule has 1 unspecified atom stereocenters. The Balaban J connectivity index is 1.99. The maximum absolute atomic E-state index is 5.53. The van der Waals surface area contributed by atoms with Gasteiger partial charge in [-0.2, -0.15) is 0 Å². The van der Waals surface area contributed by atoms with Crippen LogP contribution in [0.4, 0.5) is 0 Å². The van der Waals surface area contributed by atoms with Gasteiger partial charge in [0.25, 0.3) is 0 Å². The summed E-state index contributed by atoms with van der Waals surface area (Å²) in [5, 5.41) is 0. The molecule has 0 saturated heterocycles. The molecular formula is C10H13NO3. The first-order valence-electron chi connectivity index (χ1n) is 4.60. The van der Waals surface area contributed by atoms with Gasteiger partial charge in [0.05, 0.1) is 6.61 Å². The van der Waals surface area contributed by atoms with E-state index in [1.807, 2.05) is 24.3 Å². The lowest BCUT2D eigenvalue weighted by atomic mass is 10.3. The molecule has 0 aliphatic carbocycles. The van der Waals surface area contributed by atoms with Gasteiger partial charge in [-0.15, -0.1) is 0 Å². The van der Waals surface area contributed by atoms with E-state index in [4.69, 9.17) is 19.9 Å². The Morgan fingerprint density at radius 3 is 2.93 bits per heavy atom. The number of hydrogen-bond donors (Lipinski definition) is 1. The Bertz CT molecular complexity index is 303. The van der Waals surface area contributed by atoms with Crippen molar-refractivity contribution >= 4 is 0 Å². The Hall–Kier alpha value is -1.26. The summed E-state index contributed by atoms with van der Waals surface area (Å²) in [5.41, 5.74) is 5.32. The van der Waals surface area contributed by atoms with E-state index in [0.717, 1.165) is 11.5 Å². The van der Waals surface area contributed by atoms with E-state index in [2.05, 4.69) is 0 Å². The summed E-state index contributed by atoms with van der Waals surface area (Å²) in [6.45, 7) is 1.38. The van der Waals surface area contributed by atoms with E-state index in [9.17, 15) is 0 Å². The van der Waals surface area contributed by atoms with Crippen LogP contribution in [0.15, 0.2) is 24.3 Å². The van der Waals surface area contributed by atoms with Crippen molar-refractivity contribution < 1.29 is 14.2 Å². The van der Waals surface area contributed by atoms with Crippen LogP contribution in [0.3, 0.4) is 0 Å². The summed E-state index contributed by atoms with van der Waals surface area (Å²) in [6.07, 6.45) is -0.339. The smallest absolute Gasteiger partial charge is 0.234 e. The first kappa shape index (κ1) is 9.30. The summed E-state index contributed by atoms with van der Waals surface area (Å²) >= 11 is 0. The SMILES string of the molecule is NCCOC1COc2ccccc2O1. The number of para-hydroxylation sites is 2. The van der Waals surface area contributed by atoms with Crippen LogP contribution in [0.2, 0.25) is 0 Å². The van der Waals surface area contributed by atoms with Crippen LogP contribution in [0.5, 0.6) is 11.5 Å². The molecule has 1 aromatic rings. The number of nitrogens with two attached hydrogens (primary N) is 1. The first-order valence-corrected chi connectivity index (χ1v) is 4.60. The van der Waals surface area contributed by atoms with Crippen molar-refractivity contribution in [2.45, 2.75) is 6.29 Å². The summed E-state index contributed by atoms with van der Waals surface area (Å²) in [7, 11) is 0. The zero-order chi connectivity index (χ0) is 9.80. The predicted molar refractivity (Wildman–Crippen MR) is 51.4 cm³/mol. The monoisotopic (exact) mass is 195 g/mol. The molecule has 1 aliphatic rings. The number of hydrogen-bond acceptors (Lipinski definition) is 4. The second-order valence-corrected chi connectivity index (χ2v) is 2.96. The van der Waals surface area contributed by atoms with Gasteiger partial charge >= 0.3 is 0 Å². The zero-order valence-corrected chi connectivity index (χ0v) is 7.81. The molecule has 4 heteroatoms. The Morgan fingerprint density at radius 2 is 2.14 bits per heavy atom. The van der Waals surface area contributed by atoms with Crippen LogP contribution < -0.4 is 15.2 Å². The van der Waals surface area contributed by atoms with E-state index in [1.54, 1.807) is 0 Å². The van der Waals surface area contributed by atoms with Crippen molar-refractivity contribution in [3.05, 3.63) is 24.3 Å². The van der Waals surface area contributed by atoms with E-state index in [1.165, 1.54) is 0 Å². The van der Waals surface area contributed by atoms with Gasteiger partial charge in [-0.05, 0) is 12.1 Å². The van der Waals surface area contributed by atoms with Gasteiger partial charge in [-0.3, -0.25) is 0 Å². The van der Waals surface area contributed by atoms with Crippen LogP contribution in [-0.2, 0) is 4.74 Å². The zero-order valence-electron chi connectivity index (χ0n) is 7.81. The molecule has 0 bridgehead atoms. The first-order chi connectivity index (χ1) is 6.90. The number of rotatable bonds is 3. The van der Waals surface area contributed by atoms with Crippen LogP contribution in [0.1, 0.15) is 0 Å². The van der Waals surface area contributed by atoms with Crippen LogP contribution in [-0.4, -0.2) is 26.0 Å². The molecule has 2 N–H and O–H groups in total. The Kier molecular flexibility index (Phi) is 2.86. The van der Waals surface area contributed by atoms with E-state index in [0.29, 0.717) is 19.8 Å². The van der Waals surface area contributed by atoms with Crippen molar-refractivity contribution in [3.63, 3.8) is 0 Å². The van der Waals surface area contributed by atoms with Crippen molar-refractivity contribution in [2.75, 3.05) is 19.8 Å². The van der Waals surface area contributed by atoms with Gasteiger partial charge in [-0.1, -0.05) is 12.1 Å². The fraction of sp³-hybridized carbons (Fsp3) is 0.400. The van der Waals surface area contributed by atoms with Gasteiger partial charge in [-0.25, -0.2) is 0 Å². The average molecular weight is 195 g/mol. The highest BCUT2D eigenvalue weighted by molar-refractivity contribution is 5.40. The fourth-order valence-electron chi connectivity index (χ4n) is 1.28. The third kappa shape index (κ3) is 1.97. The highest BCUT2D eigenvalue weighted by Crippen LogP contribution is 2.30. The molecule has 0 spiro atoms. The van der Waals surface area contributed by atoms with Gasteiger partial charge in [0.15, 0.2) is 18.1 Å². The molecule has 0 radical (unpaired) electrons. The molecule has 0 amide bonds. The van der Waals surface area contributed by atoms with Crippen molar-refractivity contribution in [3.8, 4) is 11.5 Å². The minimum absolute atomic E-state index is 0.339. The minimum atomic E-state index is -0.339. The summed E-state index contributed by atoms with van der Waals surface area (Å²) in [6, 6.07) is 7.53. The van der Waals surface area contributed by atoms with Gasteiger partial charge < -0.3 is 19.9 Å². The van der Waals surface area contributed by atoms with Crippen molar-refractivity contribution in [1.29, 1.82) is 0 Å². The van der Waals surface area contributed by atoms with Gasteiger partial charge in [0.2, 0.25) is 6.29 Å². The number of fused-ring (bicyclic) bond motifs is 1. The number of ether oxygens (including phenoxy) is 3. The maximum Gasteiger partial charge on any atom is 0.234 e. The molecule has 1 atom stereocenters. The lowest BCUT2D eigenvalue weighted by Crippen LogP contribution is -2.33. The molecular weight excluding hydrogens is 182 g/mol. The molecule has 1 heterocycles. The molecule has 1 aliphatic heterocycles. The normalized spacial score (nSPS) is 19.4. The summed E-state index contributed by atoms with van der Waals surface area (Å²) in [5.74, 6) is 1.49. The molecule has 4 nitrogen and oxygen atoms in total. The van der Waals surface area contributed by atoms with E-state index in [-0.39, 0.29) is 6.29 Å². The molecule has 0 fully saturated rings. The van der Waals surface area contributed by atoms with E-state index >= 15 is 0 Å². The number of benzene rings is 1. The van der Waals surface area contributed by atoms with Gasteiger partial charge in [0, 0.05) is 6.54 Å². The topological polar surface area (TPSA) is 53.7 Å². The average Bonchev–Trinajstić information content (AvgIpc) is 2.26. The standard InChI is InChI=1S/C10H13NO3/c11-5-6-12-10-7-13-8-3-1-2-4-9(8)14-10/h1-4,10H,5-7,11H2. The van der Waals surface area contributed by atoms with Crippen LogP contribution >= 0.6 is 0 Å². The highest BCUT2D eigenvalue weighted by atomic mass is 16.7. The summed E-state index contributed by atoms with van der Waals surface area (Å²) in [4.78, 5) is 0. The molecule has 76 valence electrons. The molecule has 1 aromatic carbocycles. The summed E-state index contributed by atoms with van der Waals surface area (Å²) < 4.78 is 16.3. The lowest BCUT2D eigenvalue weighted by molar-refractivity contribution is -0.113. The highest BCUT2D eigenvalue weighted by Gasteiger charge is 2.20. The fourth-order valence-corrected chi connectivity index (χ4v) is 1.28. The molecule has 0 aromatic heterocycles. The quantitative estimate of drug-likeness (QED) is 0.773. The third-order valence-electron chi connectivity index (χ3n) is 1.90. The third-order valence-corrected chi connectivity index (χ3v) is 1.90. The largest absolute Gasteiger partial charge is 0.483 e.